The van der Waals surface area contributed by atoms with Gasteiger partial charge < -0.3 is 0 Å². The molecule has 0 aliphatic rings. The molecule has 0 fully saturated rings. The molecule has 0 bridgehead atoms. The molecular formula is C10H11N3S. The highest BCUT2D eigenvalue weighted by Crippen LogP contribution is 2.12. The molecule has 0 saturated heterocycles. The van der Waals surface area contributed by atoms with E-state index < -0.39 is 0 Å². The first-order valence-electron chi connectivity index (χ1n) is 4.39. The Balaban J connectivity index is 1.79. The Morgan fingerprint density at radius 1 is 1.21 bits per heavy atom. The Hall–Kier alpha value is -1.29. The fourth-order valence-electron chi connectivity index (χ4n) is 1.13. The maximum absolute atomic E-state index is 4.03. The summed E-state index contributed by atoms with van der Waals surface area (Å²) < 4.78 is 1.83. The molecule has 72 valence electrons. The van der Waals surface area contributed by atoms with Crippen molar-refractivity contribution in [2.75, 3.05) is 0 Å². The number of hydrogen-bond donors (Lipinski definition) is 0. The van der Waals surface area contributed by atoms with Crippen LogP contribution in [0.1, 0.15) is 5.56 Å². The third-order valence-corrected chi connectivity index (χ3v) is 2.79. The minimum Gasteiger partial charge on any atom is -0.243 e. The highest BCUT2D eigenvalue weighted by atomic mass is 32.2. The van der Waals surface area contributed by atoms with E-state index in [1.54, 1.807) is 12.7 Å². The molecule has 2 rings (SSSR count). The first-order chi connectivity index (χ1) is 6.95. The van der Waals surface area contributed by atoms with Crippen molar-refractivity contribution in [1.29, 1.82) is 0 Å². The van der Waals surface area contributed by atoms with Gasteiger partial charge in [0.2, 0.25) is 0 Å². The van der Waals surface area contributed by atoms with Crippen molar-refractivity contribution in [3.8, 4) is 0 Å². The van der Waals surface area contributed by atoms with E-state index in [4.69, 9.17) is 0 Å². The van der Waals surface area contributed by atoms with Gasteiger partial charge in [0.25, 0.3) is 0 Å². The highest BCUT2D eigenvalue weighted by molar-refractivity contribution is 7.97. The van der Waals surface area contributed by atoms with Gasteiger partial charge in [-0.2, -0.15) is 5.10 Å². The molecule has 4 heteroatoms. The van der Waals surface area contributed by atoms with Gasteiger partial charge in [-0.05, 0) is 5.56 Å². The Labute approximate surface area is 87.2 Å². The van der Waals surface area contributed by atoms with Crippen molar-refractivity contribution in [3.05, 3.63) is 48.5 Å². The monoisotopic (exact) mass is 205 g/mol. The second-order valence-electron chi connectivity index (χ2n) is 2.90. The molecule has 2 aromatic rings. The lowest BCUT2D eigenvalue weighted by atomic mass is 10.2. The van der Waals surface area contributed by atoms with Crippen molar-refractivity contribution in [3.63, 3.8) is 0 Å². The van der Waals surface area contributed by atoms with E-state index in [9.17, 15) is 0 Å². The van der Waals surface area contributed by atoms with Gasteiger partial charge in [-0.3, -0.25) is 0 Å². The number of aromatic nitrogens is 3. The van der Waals surface area contributed by atoms with E-state index >= 15 is 0 Å². The molecule has 1 aromatic heterocycles. The van der Waals surface area contributed by atoms with E-state index in [-0.39, 0.29) is 0 Å². The van der Waals surface area contributed by atoms with Gasteiger partial charge in [0, 0.05) is 5.75 Å². The summed E-state index contributed by atoms with van der Waals surface area (Å²) >= 11 is 1.82. The predicted octanol–water partition coefficient (Wildman–Crippen LogP) is 2.17. The minimum absolute atomic E-state index is 0.856. The smallest absolute Gasteiger partial charge is 0.137 e. The van der Waals surface area contributed by atoms with Crippen molar-refractivity contribution in [2.45, 2.75) is 11.6 Å². The van der Waals surface area contributed by atoms with Crippen LogP contribution < -0.4 is 0 Å². The minimum atomic E-state index is 0.856. The van der Waals surface area contributed by atoms with Crippen LogP contribution in [0.15, 0.2) is 43.0 Å². The van der Waals surface area contributed by atoms with Crippen LogP contribution in [0.4, 0.5) is 0 Å². The Morgan fingerprint density at radius 3 is 2.79 bits per heavy atom. The second kappa shape index (κ2) is 4.81. The molecule has 0 N–H and O–H groups in total. The summed E-state index contributed by atoms with van der Waals surface area (Å²) in [5.74, 6) is 1.87. The molecule has 0 amide bonds. The van der Waals surface area contributed by atoms with Gasteiger partial charge >= 0.3 is 0 Å². The van der Waals surface area contributed by atoms with Crippen LogP contribution in [0.5, 0.6) is 0 Å². The van der Waals surface area contributed by atoms with E-state index in [1.807, 2.05) is 22.5 Å². The van der Waals surface area contributed by atoms with E-state index in [0.29, 0.717) is 0 Å². The average Bonchev–Trinajstić information content (AvgIpc) is 2.72. The number of thioether (sulfide) groups is 1. The molecule has 0 atom stereocenters. The maximum atomic E-state index is 4.03. The zero-order valence-electron chi connectivity index (χ0n) is 7.71. The molecule has 3 nitrogen and oxygen atoms in total. The molecule has 0 spiro atoms. The highest BCUT2D eigenvalue weighted by Gasteiger charge is 1.93. The molecule has 0 aliphatic heterocycles. The summed E-state index contributed by atoms with van der Waals surface area (Å²) in [6.45, 7) is 0. The summed E-state index contributed by atoms with van der Waals surface area (Å²) in [5, 5.41) is 4.03. The lowest BCUT2D eigenvalue weighted by Gasteiger charge is -2.00. The first kappa shape index (κ1) is 9.27. The number of hydrogen-bond acceptors (Lipinski definition) is 3. The SMILES string of the molecule is c1ccc(CSCn2cncn2)cc1. The Bertz CT molecular complexity index is 358. The van der Waals surface area contributed by atoms with Crippen LogP contribution in [0.3, 0.4) is 0 Å². The maximum Gasteiger partial charge on any atom is 0.137 e. The van der Waals surface area contributed by atoms with E-state index in [0.717, 1.165) is 11.6 Å². The standard InChI is InChI=1S/C10H11N3S/c1-2-4-10(5-3-1)6-14-9-13-8-11-7-12-13/h1-5,7-8H,6,9H2. The Kier molecular flexibility index (Phi) is 3.19. The van der Waals surface area contributed by atoms with Crippen LogP contribution in [-0.2, 0) is 11.6 Å². The number of rotatable bonds is 4. The van der Waals surface area contributed by atoms with Crippen LogP contribution >= 0.6 is 11.8 Å². The van der Waals surface area contributed by atoms with Crippen molar-refractivity contribution in [2.24, 2.45) is 0 Å². The summed E-state index contributed by atoms with van der Waals surface area (Å²) in [7, 11) is 0. The average molecular weight is 205 g/mol. The zero-order chi connectivity index (χ0) is 9.64. The van der Waals surface area contributed by atoms with Crippen LogP contribution in [0.2, 0.25) is 0 Å². The largest absolute Gasteiger partial charge is 0.243 e. The second-order valence-corrected chi connectivity index (χ2v) is 3.85. The lowest BCUT2D eigenvalue weighted by Crippen LogP contribution is -1.94. The molecule has 0 saturated carbocycles. The zero-order valence-corrected chi connectivity index (χ0v) is 8.52. The fraction of sp³-hybridized carbons (Fsp3) is 0.200. The van der Waals surface area contributed by atoms with Gasteiger partial charge in [0.05, 0.1) is 5.88 Å². The lowest BCUT2D eigenvalue weighted by molar-refractivity contribution is 0.748. The summed E-state index contributed by atoms with van der Waals surface area (Å²) in [5.41, 5.74) is 1.35. The topological polar surface area (TPSA) is 30.7 Å². The third-order valence-electron chi connectivity index (χ3n) is 1.80. The van der Waals surface area contributed by atoms with Crippen molar-refractivity contribution >= 4 is 11.8 Å². The number of nitrogens with zero attached hydrogens (tertiary/aromatic N) is 3. The van der Waals surface area contributed by atoms with Crippen molar-refractivity contribution in [1.82, 2.24) is 14.8 Å². The van der Waals surface area contributed by atoms with Gasteiger partial charge in [-0.15, -0.1) is 11.8 Å². The molecule has 0 unspecified atom stereocenters. The van der Waals surface area contributed by atoms with Gasteiger partial charge in [-0.1, -0.05) is 30.3 Å². The van der Waals surface area contributed by atoms with E-state index in [1.165, 1.54) is 5.56 Å². The van der Waals surface area contributed by atoms with Crippen LogP contribution in [0.25, 0.3) is 0 Å². The summed E-state index contributed by atoms with van der Waals surface area (Å²) in [6.07, 6.45) is 3.29. The first-order valence-corrected chi connectivity index (χ1v) is 5.55. The normalized spacial score (nSPS) is 10.3. The van der Waals surface area contributed by atoms with Gasteiger partial charge in [0.1, 0.15) is 12.7 Å². The van der Waals surface area contributed by atoms with Gasteiger partial charge in [-0.25, -0.2) is 9.67 Å². The molecule has 14 heavy (non-hydrogen) atoms. The molecule has 0 aliphatic carbocycles. The van der Waals surface area contributed by atoms with Crippen LogP contribution in [0, 0.1) is 0 Å². The molecule has 1 heterocycles. The van der Waals surface area contributed by atoms with Gasteiger partial charge in [0.15, 0.2) is 0 Å². The molecule has 0 radical (unpaired) electrons. The summed E-state index contributed by atoms with van der Waals surface area (Å²) in [6, 6.07) is 10.4. The van der Waals surface area contributed by atoms with E-state index in [2.05, 4.69) is 34.3 Å². The summed E-state index contributed by atoms with van der Waals surface area (Å²) in [4.78, 5) is 3.89. The number of benzene rings is 1. The van der Waals surface area contributed by atoms with Crippen molar-refractivity contribution < 1.29 is 0 Å². The molecule has 1 aromatic carbocycles. The van der Waals surface area contributed by atoms with Crippen LogP contribution in [-0.4, -0.2) is 14.8 Å². The predicted molar refractivity (Wildman–Crippen MR) is 57.8 cm³/mol. The fourth-order valence-corrected chi connectivity index (χ4v) is 1.97. The molecular weight excluding hydrogens is 194 g/mol. The Morgan fingerprint density at radius 2 is 2.07 bits per heavy atom. The third kappa shape index (κ3) is 2.60. The quantitative estimate of drug-likeness (QED) is 0.766.